The van der Waals surface area contributed by atoms with Crippen molar-refractivity contribution in [3.63, 3.8) is 0 Å². The van der Waals surface area contributed by atoms with Crippen LogP contribution in [0, 0.1) is 6.92 Å². The zero-order chi connectivity index (χ0) is 20.1. The van der Waals surface area contributed by atoms with E-state index in [0.29, 0.717) is 36.1 Å². The Labute approximate surface area is 168 Å². The van der Waals surface area contributed by atoms with Gasteiger partial charge in [0.2, 0.25) is 0 Å². The van der Waals surface area contributed by atoms with Crippen LogP contribution in [0.5, 0.6) is 0 Å². The van der Waals surface area contributed by atoms with Gasteiger partial charge in [-0.1, -0.05) is 11.6 Å². The molecule has 0 bridgehead atoms. The van der Waals surface area contributed by atoms with E-state index >= 15 is 0 Å². The van der Waals surface area contributed by atoms with Gasteiger partial charge in [-0.05, 0) is 26.3 Å². The Balaban J connectivity index is 2.01. The van der Waals surface area contributed by atoms with E-state index in [4.69, 9.17) is 21.4 Å². The molecular formula is C17H23ClN4O4S. The molecule has 1 aromatic heterocycles. The SMILES string of the molecule is COC1CN(C(C)=N/C=C(\S)C(=O)O)CCC1NC(=O)c1cc(Cl)c(C)[nH]1. The highest BCUT2D eigenvalue weighted by molar-refractivity contribution is 7.85. The van der Waals surface area contributed by atoms with Gasteiger partial charge < -0.3 is 25.0 Å². The fourth-order valence-electron chi connectivity index (χ4n) is 2.81. The zero-order valence-electron chi connectivity index (χ0n) is 15.3. The quantitative estimate of drug-likeness (QED) is 0.255. The zero-order valence-corrected chi connectivity index (χ0v) is 17.0. The molecule has 1 aliphatic rings. The Morgan fingerprint density at radius 1 is 1.56 bits per heavy atom. The van der Waals surface area contributed by atoms with Gasteiger partial charge in [-0.3, -0.25) is 4.79 Å². The smallest absolute Gasteiger partial charge is 0.343 e. The first-order valence-electron chi connectivity index (χ1n) is 8.33. The van der Waals surface area contributed by atoms with Gasteiger partial charge >= 0.3 is 5.97 Å². The fourth-order valence-corrected chi connectivity index (χ4v) is 3.02. The van der Waals surface area contributed by atoms with Gasteiger partial charge in [-0.15, -0.1) is 12.6 Å². The van der Waals surface area contributed by atoms with Gasteiger partial charge in [0.15, 0.2) is 0 Å². The number of thiol groups is 1. The molecule has 0 aliphatic carbocycles. The van der Waals surface area contributed by atoms with Crippen molar-refractivity contribution in [1.29, 1.82) is 0 Å². The van der Waals surface area contributed by atoms with Gasteiger partial charge in [0.1, 0.15) is 16.4 Å². The highest BCUT2D eigenvalue weighted by Gasteiger charge is 2.31. The molecule has 1 fully saturated rings. The fraction of sp³-hybridized carbons (Fsp3) is 0.471. The highest BCUT2D eigenvalue weighted by Crippen LogP contribution is 2.18. The number of carbonyl (C=O) groups excluding carboxylic acids is 1. The number of aryl methyl sites for hydroxylation is 1. The van der Waals surface area contributed by atoms with E-state index in [1.165, 1.54) is 6.20 Å². The first kappa shape index (κ1) is 21.3. The van der Waals surface area contributed by atoms with Crippen molar-refractivity contribution in [2.24, 2.45) is 4.99 Å². The molecule has 0 saturated carbocycles. The van der Waals surface area contributed by atoms with Gasteiger partial charge in [0.25, 0.3) is 5.91 Å². The number of aliphatic imine (C=N–C) groups is 1. The standard InChI is InChI=1S/C17H23ClN4O4S/c1-9-11(18)6-13(20-9)16(23)21-12-4-5-22(8-14(12)26-3)10(2)19-7-15(27)17(24)25/h6-7,12,14,20,27H,4-5,8H2,1-3H3,(H,21,23)(H,24,25)/b15-7-,19-10?. The van der Waals surface area contributed by atoms with Crippen LogP contribution < -0.4 is 5.32 Å². The second kappa shape index (κ2) is 9.29. The molecule has 2 heterocycles. The molecule has 0 aromatic carbocycles. The minimum Gasteiger partial charge on any atom is -0.477 e. The number of H-pyrrole nitrogens is 1. The maximum atomic E-state index is 12.4. The number of nitrogens with one attached hydrogen (secondary N) is 2. The average molecular weight is 415 g/mol. The number of hydrogen-bond acceptors (Lipinski definition) is 5. The molecule has 27 heavy (non-hydrogen) atoms. The minimum absolute atomic E-state index is 0.139. The maximum Gasteiger partial charge on any atom is 0.343 e. The van der Waals surface area contributed by atoms with Crippen molar-refractivity contribution in [2.45, 2.75) is 32.4 Å². The minimum atomic E-state index is -1.13. The van der Waals surface area contributed by atoms with E-state index in [0.717, 1.165) is 5.69 Å². The third-order valence-electron chi connectivity index (χ3n) is 4.42. The molecule has 0 radical (unpaired) electrons. The molecule has 3 N–H and O–H groups in total. The topological polar surface area (TPSA) is 107 Å². The van der Waals surface area contributed by atoms with Crippen molar-refractivity contribution in [2.75, 3.05) is 20.2 Å². The number of halogens is 1. The number of nitrogens with zero attached hydrogens (tertiary/aromatic N) is 2. The summed E-state index contributed by atoms with van der Waals surface area (Å²) in [5.41, 5.74) is 1.15. The number of carboxylic acid groups (broad SMARTS) is 1. The summed E-state index contributed by atoms with van der Waals surface area (Å²) in [5.74, 6) is -0.716. The molecular weight excluding hydrogens is 392 g/mol. The summed E-state index contributed by atoms with van der Waals surface area (Å²) < 4.78 is 5.54. The Morgan fingerprint density at radius 2 is 2.26 bits per heavy atom. The molecule has 1 aromatic rings. The summed E-state index contributed by atoms with van der Waals surface area (Å²) in [6.45, 7) is 4.75. The molecule has 1 aliphatic heterocycles. The van der Waals surface area contributed by atoms with Crippen molar-refractivity contribution < 1.29 is 19.4 Å². The summed E-state index contributed by atoms with van der Waals surface area (Å²) in [6, 6.07) is 1.44. The Kier molecular flexibility index (Phi) is 7.34. The van der Waals surface area contributed by atoms with Gasteiger partial charge in [0.05, 0.1) is 17.2 Å². The molecule has 2 unspecified atom stereocenters. The number of aromatic nitrogens is 1. The van der Waals surface area contributed by atoms with Crippen LogP contribution in [-0.4, -0.2) is 65.0 Å². The molecule has 10 heteroatoms. The monoisotopic (exact) mass is 414 g/mol. The van der Waals surface area contributed by atoms with Crippen LogP contribution in [-0.2, 0) is 9.53 Å². The molecule has 0 spiro atoms. The number of carboxylic acids is 1. The van der Waals surface area contributed by atoms with Crippen LogP contribution in [0.3, 0.4) is 0 Å². The van der Waals surface area contributed by atoms with E-state index < -0.39 is 5.97 Å². The Hall–Kier alpha value is -1.97. The summed E-state index contributed by atoms with van der Waals surface area (Å²) in [6.07, 6.45) is 1.62. The summed E-state index contributed by atoms with van der Waals surface area (Å²) in [7, 11) is 1.59. The van der Waals surface area contributed by atoms with Gasteiger partial charge in [-0.2, -0.15) is 0 Å². The van der Waals surface area contributed by atoms with Crippen LogP contribution in [0.25, 0.3) is 0 Å². The maximum absolute atomic E-state index is 12.4. The third kappa shape index (κ3) is 5.50. The number of aromatic amines is 1. The predicted octanol–water partition coefficient (Wildman–Crippen LogP) is 2.07. The van der Waals surface area contributed by atoms with Crippen LogP contribution in [0.15, 0.2) is 22.2 Å². The number of amides is 1. The Morgan fingerprint density at radius 3 is 2.81 bits per heavy atom. The molecule has 1 saturated heterocycles. The van der Waals surface area contributed by atoms with E-state index in [-0.39, 0.29) is 23.0 Å². The summed E-state index contributed by atoms with van der Waals surface area (Å²) in [4.78, 5) is 32.1. The summed E-state index contributed by atoms with van der Waals surface area (Å²) in [5, 5.41) is 12.3. The normalized spacial score (nSPS) is 21.3. The van der Waals surface area contributed by atoms with Crippen LogP contribution in [0.1, 0.15) is 29.5 Å². The van der Waals surface area contributed by atoms with Crippen LogP contribution >= 0.6 is 24.2 Å². The van der Waals surface area contributed by atoms with E-state index in [1.54, 1.807) is 27.0 Å². The van der Waals surface area contributed by atoms with E-state index in [9.17, 15) is 9.59 Å². The van der Waals surface area contributed by atoms with Crippen molar-refractivity contribution in [3.8, 4) is 0 Å². The lowest BCUT2D eigenvalue weighted by atomic mass is 10.0. The number of amidine groups is 1. The van der Waals surface area contributed by atoms with Crippen molar-refractivity contribution in [3.05, 3.63) is 33.6 Å². The lowest BCUT2D eigenvalue weighted by Gasteiger charge is -2.38. The van der Waals surface area contributed by atoms with Gasteiger partial charge in [-0.25, -0.2) is 9.79 Å². The van der Waals surface area contributed by atoms with Crippen LogP contribution in [0.2, 0.25) is 5.02 Å². The first-order chi connectivity index (χ1) is 12.7. The largest absolute Gasteiger partial charge is 0.477 e. The van der Waals surface area contributed by atoms with Crippen molar-refractivity contribution >= 4 is 41.9 Å². The third-order valence-corrected chi connectivity index (χ3v) is 5.12. The van der Waals surface area contributed by atoms with Crippen molar-refractivity contribution in [1.82, 2.24) is 15.2 Å². The lowest BCUT2D eigenvalue weighted by Crippen LogP contribution is -2.55. The Bertz CT molecular complexity index is 757. The van der Waals surface area contributed by atoms with Gasteiger partial charge in [0, 0.05) is 32.1 Å². The number of hydrogen-bond donors (Lipinski definition) is 4. The average Bonchev–Trinajstić information content (AvgIpc) is 2.98. The molecule has 2 atom stereocenters. The van der Waals surface area contributed by atoms with Crippen LogP contribution in [0.4, 0.5) is 0 Å². The number of likely N-dealkylation sites (tertiary alicyclic amines) is 1. The number of piperidine rings is 1. The number of ether oxygens (including phenoxy) is 1. The number of rotatable bonds is 5. The molecule has 1 amide bonds. The predicted molar refractivity (Wildman–Crippen MR) is 107 cm³/mol. The second-order valence-corrected chi connectivity index (χ2v) is 7.13. The number of aliphatic carboxylic acids is 1. The molecule has 8 nitrogen and oxygen atoms in total. The second-order valence-electron chi connectivity index (χ2n) is 6.24. The summed E-state index contributed by atoms with van der Waals surface area (Å²) >= 11 is 9.84. The first-order valence-corrected chi connectivity index (χ1v) is 9.16. The lowest BCUT2D eigenvalue weighted by molar-refractivity contribution is -0.131. The highest BCUT2D eigenvalue weighted by atomic mass is 35.5. The van der Waals surface area contributed by atoms with E-state index in [1.807, 2.05) is 4.90 Å². The number of carbonyl (C=O) groups is 2. The van der Waals surface area contributed by atoms with E-state index in [2.05, 4.69) is 27.9 Å². The number of methoxy groups -OCH3 is 1. The molecule has 2 rings (SSSR count). The molecule has 148 valence electrons.